The molecule has 0 bridgehead atoms. The third-order valence-corrected chi connectivity index (χ3v) is 6.54. The second kappa shape index (κ2) is 6.65. The van der Waals surface area contributed by atoms with Gasteiger partial charge in [0.25, 0.3) is 0 Å². The molecule has 1 N–H and O–H groups in total. The molecular weight excluding hydrogens is 282 g/mol. The molecule has 1 aliphatic carbocycles. The average molecular weight is 304 g/mol. The summed E-state index contributed by atoms with van der Waals surface area (Å²) in [6.45, 7) is 3.35. The molecule has 102 valence electrons. The molecule has 0 spiro atoms. The van der Waals surface area contributed by atoms with Crippen molar-refractivity contribution in [3.8, 4) is 0 Å². The van der Waals surface area contributed by atoms with E-state index in [2.05, 4.69) is 29.9 Å². The number of hydrogen-bond donors (Lipinski definition) is 1. The number of rotatable bonds is 5. The zero-order valence-electron chi connectivity index (χ0n) is 11.2. The van der Waals surface area contributed by atoms with Gasteiger partial charge in [-0.1, -0.05) is 30.9 Å². The maximum Gasteiger partial charge on any atom is 0.0931 e. The summed E-state index contributed by atoms with van der Waals surface area (Å²) < 4.78 is 1.35. The monoisotopic (exact) mass is 303 g/mol. The highest BCUT2D eigenvalue weighted by Gasteiger charge is 2.31. The fraction of sp³-hybridized carbons (Fsp3) is 0.714. The predicted octanol–water partition coefficient (Wildman–Crippen LogP) is 5.12. The second-order valence-electron chi connectivity index (χ2n) is 5.23. The summed E-state index contributed by atoms with van der Waals surface area (Å²) in [7, 11) is 0. The number of thioether (sulfide) groups is 1. The smallest absolute Gasteiger partial charge is 0.0931 e. The molecule has 0 radical (unpaired) electrons. The quantitative estimate of drug-likeness (QED) is 0.810. The van der Waals surface area contributed by atoms with Crippen LogP contribution in [0.4, 0.5) is 0 Å². The summed E-state index contributed by atoms with van der Waals surface area (Å²) in [5.41, 5.74) is 1.32. The van der Waals surface area contributed by atoms with Crippen molar-refractivity contribution in [3.05, 3.63) is 21.3 Å². The molecule has 1 aromatic rings. The fourth-order valence-electron chi connectivity index (χ4n) is 2.66. The Hall–Kier alpha value is 0.300. The highest BCUT2D eigenvalue weighted by Crippen LogP contribution is 2.38. The van der Waals surface area contributed by atoms with Crippen molar-refractivity contribution in [1.29, 1.82) is 0 Å². The molecule has 1 atom stereocenters. The number of nitrogens with one attached hydrogen (secondary N) is 1. The molecule has 1 unspecified atom stereocenters. The molecule has 1 saturated carbocycles. The molecule has 1 nitrogen and oxygen atoms in total. The third kappa shape index (κ3) is 3.66. The molecule has 0 aromatic carbocycles. The van der Waals surface area contributed by atoms with Crippen LogP contribution in [0.2, 0.25) is 4.34 Å². The molecule has 0 saturated heterocycles. The fourth-order valence-corrected chi connectivity index (χ4v) is 4.57. The first-order valence-electron chi connectivity index (χ1n) is 6.68. The lowest BCUT2D eigenvalue weighted by Gasteiger charge is -2.37. The van der Waals surface area contributed by atoms with Crippen molar-refractivity contribution in [2.24, 2.45) is 0 Å². The van der Waals surface area contributed by atoms with Crippen LogP contribution in [0, 0.1) is 0 Å². The van der Waals surface area contributed by atoms with Gasteiger partial charge >= 0.3 is 0 Å². The minimum Gasteiger partial charge on any atom is -0.309 e. The zero-order valence-corrected chi connectivity index (χ0v) is 13.6. The van der Waals surface area contributed by atoms with Crippen LogP contribution in [0.25, 0.3) is 0 Å². The Morgan fingerprint density at radius 1 is 1.44 bits per heavy atom. The molecule has 1 heterocycles. The molecule has 1 aliphatic rings. The van der Waals surface area contributed by atoms with E-state index in [1.807, 2.05) is 11.8 Å². The van der Waals surface area contributed by atoms with Crippen LogP contribution in [0.5, 0.6) is 0 Å². The van der Waals surface area contributed by atoms with E-state index >= 15 is 0 Å². The molecule has 18 heavy (non-hydrogen) atoms. The van der Waals surface area contributed by atoms with E-state index in [0.29, 0.717) is 10.8 Å². The highest BCUT2D eigenvalue weighted by molar-refractivity contribution is 8.00. The highest BCUT2D eigenvalue weighted by atomic mass is 35.5. The third-order valence-electron chi connectivity index (χ3n) is 4.02. The van der Waals surface area contributed by atoms with Gasteiger partial charge in [-0.2, -0.15) is 11.8 Å². The summed E-state index contributed by atoms with van der Waals surface area (Å²) in [6, 6.07) is 2.48. The topological polar surface area (TPSA) is 12.0 Å². The number of thiophene rings is 1. The summed E-state index contributed by atoms with van der Waals surface area (Å²) in [5, 5.41) is 5.86. The molecule has 2 rings (SSSR count). The van der Waals surface area contributed by atoms with Gasteiger partial charge in [0.15, 0.2) is 0 Å². The van der Waals surface area contributed by atoms with Gasteiger partial charge in [-0.15, -0.1) is 11.3 Å². The average Bonchev–Trinajstić information content (AvgIpc) is 2.84. The van der Waals surface area contributed by atoms with Crippen LogP contribution >= 0.6 is 34.7 Å². The lowest BCUT2D eigenvalue weighted by atomic mass is 9.88. The van der Waals surface area contributed by atoms with Crippen molar-refractivity contribution >= 4 is 34.7 Å². The lowest BCUT2D eigenvalue weighted by Crippen LogP contribution is -2.40. The Morgan fingerprint density at radius 2 is 2.17 bits per heavy atom. The Morgan fingerprint density at radius 3 is 2.72 bits per heavy atom. The van der Waals surface area contributed by atoms with Gasteiger partial charge in [0.1, 0.15) is 0 Å². The molecule has 1 fully saturated rings. The SMILES string of the molecule is CSC1(CNC(C)c2csc(Cl)c2)CCCCC1. The van der Waals surface area contributed by atoms with Gasteiger partial charge in [0.2, 0.25) is 0 Å². The zero-order chi connectivity index (χ0) is 13.0. The van der Waals surface area contributed by atoms with Crippen LogP contribution in [0.3, 0.4) is 0 Å². The first-order valence-corrected chi connectivity index (χ1v) is 9.16. The lowest BCUT2D eigenvalue weighted by molar-refractivity contribution is 0.367. The van der Waals surface area contributed by atoms with E-state index < -0.39 is 0 Å². The molecule has 0 aliphatic heterocycles. The summed E-state index contributed by atoms with van der Waals surface area (Å²) in [5.74, 6) is 0. The summed E-state index contributed by atoms with van der Waals surface area (Å²) >= 11 is 9.66. The molecule has 4 heteroatoms. The Bertz CT molecular complexity index is 372. The summed E-state index contributed by atoms with van der Waals surface area (Å²) in [4.78, 5) is 0. The normalized spacial score (nSPS) is 20.8. The van der Waals surface area contributed by atoms with E-state index in [9.17, 15) is 0 Å². The van der Waals surface area contributed by atoms with Crippen molar-refractivity contribution in [2.75, 3.05) is 12.8 Å². The largest absolute Gasteiger partial charge is 0.309 e. The minimum absolute atomic E-state index is 0.403. The first kappa shape index (κ1) is 14.7. The van der Waals surface area contributed by atoms with Gasteiger partial charge < -0.3 is 5.32 Å². The van der Waals surface area contributed by atoms with Gasteiger partial charge in [0, 0.05) is 17.3 Å². The Labute approximate surface area is 124 Å². The van der Waals surface area contributed by atoms with Gasteiger partial charge in [-0.25, -0.2) is 0 Å². The summed E-state index contributed by atoms with van der Waals surface area (Å²) in [6.07, 6.45) is 9.18. The van der Waals surface area contributed by atoms with Crippen LogP contribution in [0.1, 0.15) is 50.6 Å². The maximum atomic E-state index is 5.99. The van der Waals surface area contributed by atoms with E-state index in [0.717, 1.165) is 10.9 Å². The standard InChI is InChI=1S/C14H22ClNS2/c1-11(12-8-13(15)18-9-12)16-10-14(17-2)6-4-3-5-7-14/h8-9,11,16H,3-7,10H2,1-2H3. The van der Waals surface area contributed by atoms with Crippen molar-refractivity contribution < 1.29 is 0 Å². The van der Waals surface area contributed by atoms with E-state index in [4.69, 9.17) is 11.6 Å². The van der Waals surface area contributed by atoms with Gasteiger partial charge in [-0.3, -0.25) is 0 Å². The van der Waals surface area contributed by atoms with Crippen LogP contribution in [-0.4, -0.2) is 17.5 Å². The molecule has 0 amide bonds. The first-order chi connectivity index (χ1) is 8.65. The predicted molar refractivity (Wildman–Crippen MR) is 85.1 cm³/mol. The number of halogens is 1. The molecular formula is C14H22ClNS2. The van der Waals surface area contributed by atoms with Crippen LogP contribution < -0.4 is 5.32 Å². The van der Waals surface area contributed by atoms with E-state index in [1.165, 1.54) is 37.7 Å². The van der Waals surface area contributed by atoms with Gasteiger partial charge in [0.05, 0.1) is 4.34 Å². The second-order valence-corrected chi connectivity index (χ2v) is 8.05. The van der Waals surface area contributed by atoms with Crippen LogP contribution in [0.15, 0.2) is 11.4 Å². The Balaban J connectivity index is 1.89. The van der Waals surface area contributed by atoms with Gasteiger partial charge in [-0.05, 0) is 43.0 Å². The maximum absolute atomic E-state index is 5.99. The number of hydrogen-bond acceptors (Lipinski definition) is 3. The Kier molecular flexibility index (Phi) is 5.43. The van der Waals surface area contributed by atoms with Crippen molar-refractivity contribution in [1.82, 2.24) is 5.32 Å². The van der Waals surface area contributed by atoms with E-state index in [-0.39, 0.29) is 0 Å². The van der Waals surface area contributed by atoms with E-state index in [1.54, 1.807) is 11.3 Å². The van der Waals surface area contributed by atoms with Crippen molar-refractivity contribution in [2.45, 2.75) is 49.8 Å². The molecule has 1 aromatic heterocycles. The van der Waals surface area contributed by atoms with Crippen molar-refractivity contribution in [3.63, 3.8) is 0 Å². The van der Waals surface area contributed by atoms with Crippen LogP contribution in [-0.2, 0) is 0 Å². The minimum atomic E-state index is 0.403.